The maximum Gasteiger partial charge on any atom is 0.185 e. The summed E-state index contributed by atoms with van der Waals surface area (Å²) in [6, 6.07) is 10.1. The molecule has 2 heterocycles. The van der Waals surface area contributed by atoms with Crippen molar-refractivity contribution in [1.29, 1.82) is 0 Å². The van der Waals surface area contributed by atoms with E-state index in [1.807, 2.05) is 35.7 Å². The van der Waals surface area contributed by atoms with Crippen LogP contribution in [0.1, 0.15) is 24.3 Å². The average molecular weight is 304 g/mol. The highest BCUT2D eigenvalue weighted by Crippen LogP contribution is 2.26. The number of anilines is 1. The summed E-state index contributed by atoms with van der Waals surface area (Å²) < 4.78 is 5.46. The van der Waals surface area contributed by atoms with E-state index in [-0.39, 0.29) is 0 Å². The Morgan fingerprint density at radius 1 is 1.43 bits per heavy atom. The van der Waals surface area contributed by atoms with E-state index in [0.29, 0.717) is 12.5 Å². The number of morpholine rings is 1. The Labute approximate surface area is 129 Å². The third-order valence-electron chi connectivity index (χ3n) is 3.74. The van der Waals surface area contributed by atoms with Crippen molar-refractivity contribution in [3.63, 3.8) is 0 Å². The molecule has 1 N–H and O–H groups in total. The Bertz CT molecular complexity index is 573. The van der Waals surface area contributed by atoms with Gasteiger partial charge in [-0.2, -0.15) is 0 Å². The van der Waals surface area contributed by atoms with Gasteiger partial charge < -0.3 is 14.7 Å². The first-order chi connectivity index (χ1) is 10.2. The Kier molecular flexibility index (Phi) is 4.53. The maximum atomic E-state index is 10.3. The smallest absolute Gasteiger partial charge is 0.185 e. The molecule has 2 atom stereocenters. The Balaban J connectivity index is 1.67. The number of hydrogen-bond donors (Lipinski definition) is 1. The molecule has 2 unspecified atom stereocenters. The first-order valence-corrected chi connectivity index (χ1v) is 8.14. The molecular formula is C16H20N2O2S. The second kappa shape index (κ2) is 6.56. The quantitative estimate of drug-likeness (QED) is 0.943. The third kappa shape index (κ3) is 3.43. The summed E-state index contributed by atoms with van der Waals surface area (Å²) in [5.41, 5.74) is 1.89. The van der Waals surface area contributed by atoms with Gasteiger partial charge in [0.1, 0.15) is 0 Å². The Morgan fingerprint density at radius 3 is 3.00 bits per heavy atom. The predicted molar refractivity (Wildman–Crippen MR) is 84.8 cm³/mol. The topological polar surface area (TPSA) is 45.6 Å². The standard InChI is InChI=1S/C16H20N2O2S/c1-12-10-20-8-7-18(12)16-17-14(11-21-16)9-15(19)13-5-3-2-4-6-13/h2-6,11-12,15,19H,7-10H2,1H3. The van der Waals surface area contributed by atoms with Crippen molar-refractivity contribution in [2.45, 2.75) is 25.5 Å². The van der Waals surface area contributed by atoms with Gasteiger partial charge in [-0.25, -0.2) is 4.98 Å². The van der Waals surface area contributed by atoms with Crippen LogP contribution in [-0.4, -0.2) is 35.9 Å². The van der Waals surface area contributed by atoms with Crippen LogP contribution in [0.4, 0.5) is 5.13 Å². The minimum absolute atomic E-state index is 0.358. The van der Waals surface area contributed by atoms with E-state index in [4.69, 9.17) is 4.74 Å². The lowest BCUT2D eigenvalue weighted by Gasteiger charge is -2.32. The van der Waals surface area contributed by atoms with Gasteiger partial charge in [-0.05, 0) is 12.5 Å². The highest BCUT2D eigenvalue weighted by molar-refractivity contribution is 7.13. The van der Waals surface area contributed by atoms with Gasteiger partial charge in [-0.1, -0.05) is 30.3 Å². The molecular weight excluding hydrogens is 284 g/mol. The van der Waals surface area contributed by atoms with E-state index in [1.54, 1.807) is 11.3 Å². The Morgan fingerprint density at radius 2 is 2.24 bits per heavy atom. The molecule has 0 bridgehead atoms. The molecule has 21 heavy (non-hydrogen) atoms. The predicted octanol–water partition coefficient (Wildman–Crippen LogP) is 2.64. The zero-order valence-electron chi connectivity index (χ0n) is 12.1. The molecule has 0 aliphatic carbocycles. The van der Waals surface area contributed by atoms with Crippen LogP contribution in [-0.2, 0) is 11.2 Å². The number of ether oxygens (including phenoxy) is 1. The zero-order valence-corrected chi connectivity index (χ0v) is 12.9. The van der Waals surface area contributed by atoms with Gasteiger partial charge in [-0.3, -0.25) is 0 Å². The largest absolute Gasteiger partial charge is 0.388 e. The van der Waals surface area contributed by atoms with Crippen LogP contribution >= 0.6 is 11.3 Å². The summed E-state index contributed by atoms with van der Waals surface area (Å²) in [5, 5.41) is 13.4. The van der Waals surface area contributed by atoms with E-state index in [2.05, 4.69) is 16.8 Å². The van der Waals surface area contributed by atoms with Crippen molar-refractivity contribution in [2.75, 3.05) is 24.7 Å². The van der Waals surface area contributed by atoms with Crippen molar-refractivity contribution in [3.8, 4) is 0 Å². The van der Waals surface area contributed by atoms with E-state index in [9.17, 15) is 5.11 Å². The van der Waals surface area contributed by atoms with Gasteiger partial charge in [0.05, 0.1) is 31.1 Å². The molecule has 1 aromatic heterocycles. The molecule has 0 saturated carbocycles. The second-order valence-corrected chi connectivity index (χ2v) is 6.21. The van der Waals surface area contributed by atoms with Crippen LogP contribution in [0.5, 0.6) is 0 Å². The lowest BCUT2D eigenvalue weighted by molar-refractivity contribution is 0.0989. The lowest BCUT2D eigenvalue weighted by Crippen LogP contribution is -2.43. The normalized spacial score (nSPS) is 20.5. The Hall–Kier alpha value is -1.43. The molecule has 3 rings (SSSR count). The molecule has 1 fully saturated rings. The van der Waals surface area contributed by atoms with E-state index in [1.165, 1.54) is 0 Å². The third-order valence-corrected chi connectivity index (χ3v) is 4.67. The molecule has 1 aromatic carbocycles. The van der Waals surface area contributed by atoms with Crippen LogP contribution in [0.25, 0.3) is 0 Å². The molecule has 1 aliphatic rings. The van der Waals surface area contributed by atoms with E-state index >= 15 is 0 Å². The summed E-state index contributed by atoms with van der Waals surface area (Å²) in [5.74, 6) is 0. The number of aliphatic hydroxyl groups is 1. The monoisotopic (exact) mass is 304 g/mol. The highest BCUT2D eigenvalue weighted by atomic mass is 32.1. The maximum absolute atomic E-state index is 10.3. The van der Waals surface area contributed by atoms with Crippen LogP contribution in [0, 0.1) is 0 Å². The average Bonchev–Trinajstić information content (AvgIpc) is 2.97. The molecule has 1 aliphatic heterocycles. The number of aromatic nitrogens is 1. The molecule has 4 nitrogen and oxygen atoms in total. The van der Waals surface area contributed by atoms with Gasteiger partial charge in [0.25, 0.3) is 0 Å². The minimum Gasteiger partial charge on any atom is -0.388 e. The fourth-order valence-electron chi connectivity index (χ4n) is 2.52. The first-order valence-electron chi connectivity index (χ1n) is 7.26. The van der Waals surface area contributed by atoms with Gasteiger partial charge >= 0.3 is 0 Å². The molecule has 0 radical (unpaired) electrons. The number of rotatable bonds is 4. The van der Waals surface area contributed by atoms with E-state index < -0.39 is 6.10 Å². The SMILES string of the molecule is CC1COCCN1c1nc(CC(O)c2ccccc2)cs1. The molecule has 5 heteroatoms. The number of benzene rings is 1. The number of nitrogens with zero attached hydrogens (tertiary/aromatic N) is 2. The molecule has 112 valence electrons. The van der Waals surface area contributed by atoms with Crippen LogP contribution in [0.2, 0.25) is 0 Å². The van der Waals surface area contributed by atoms with Crippen molar-refractivity contribution < 1.29 is 9.84 Å². The second-order valence-electron chi connectivity index (χ2n) is 5.37. The van der Waals surface area contributed by atoms with Crippen LogP contribution in [0.3, 0.4) is 0 Å². The summed E-state index contributed by atoms with van der Waals surface area (Å²) in [4.78, 5) is 6.96. The van der Waals surface area contributed by atoms with Crippen molar-refractivity contribution >= 4 is 16.5 Å². The summed E-state index contributed by atoms with van der Waals surface area (Å²) >= 11 is 1.65. The van der Waals surface area contributed by atoms with Gasteiger partial charge in [0, 0.05) is 18.3 Å². The van der Waals surface area contributed by atoms with Gasteiger partial charge in [-0.15, -0.1) is 11.3 Å². The lowest BCUT2D eigenvalue weighted by atomic mass is 10.1. The van der Waals surface area contributed by atoms with Crippen molar-refractivity contribution in [2.24, 2.45) is 0 Å². The molecule has 2 aromatic rings. The number of hydrogen-bond acceptors (Lipinski definition) is 5. The minimum atomic E-state index is -0.497. The molecule has 0 amide bonds. The fourth-order valence-corrected chi connectivity index (χ4v) is 3.49. The molecule has 0 spiro atoms. The fraction of sp³-hybridized carbons (Fsp3) is 0.438. The van der Waals surface area contributed by atoms with Crippen molar-refractivity contribution in [3.05, 3.63) is 47.0 Å². The first kappa shape index (κ1) is 14.5. The number of aliphatic hydroxyl groups excluding tert-OH is 1. The summed E-state index contributed by atoms with van der Waals surface area (Å²) in [7, 11) is 0. The van der Waals surface area contributed by atoms with Crippen molar-refractivity contribution in [1.82, 2.24) is 4.98 Å². The van der Waals surface area contributed by atoms with E-state index in [0.717, 1.165) is 36.1 Å². The van der Waals surface area contributed by atoms with Crippen LogP contribution < -0.4 is 4.90 Å². The highest BCUT2D eigenvalue weighted by Gasteiger charge is 2.22. The zero-order chi connectivity index (χ0) is 14.7. The van der Waals surface area contributed by atoms with Crippen LogP contribution in [0.15, 0.2) is 35.7 Å². The summed E-state index contributed by atoms with van der Waals surface area (Å²) in [6.07, 6.45) is 0.0578. The van der Waals surface area contributed by atoms with Gasteiger partial charge in [0.2, 0.25) is 0 Å². The molecule has 1 saturated heterocycles. The van der Waals surface area contributed by atoms with Gasteiger partial charge in [0.15, 0.2) is 5.13 Å². The number of thiazole rings is 1. The summed E-state index contributed by atoms with van der Waals surface area (Å²) in [6.45, 7) is 4.54.